The van der Waals surface area contributed by atoms with E-state index < -0.39 is 6.04 Å². The van der Waals surface area contributed by atoms with Gasteiger partial charge in [-0.25, -0.2) is 0 Å². The van der Waals surface area contributed by atoms with Crippen molar-refractivity contribution in [1.82, 2.24) is 10.2 Å². The molecule has 3 rings (SSSR count). The summed E-state index contributed by atoms with van der Waals surface area (Å²) in [5, 5.41) is 6.16. The first kappa shape index (κ1) is 25.1. The summed E-state index contributed by atoms with van der Waals surface area (Å²) in [6, 6.07) is 19.0. The minimum atomic E-state index is -0.617. The van der Waals surface area contributed by atoms with Crippen molar-refractivity contribution < 1.29 is 9.59 Å². The molecule has 0 heterocycles. The van der Waals surface area contributed by atoms with E-state index in [0.29, 0.717) is 22.9 Å². The number of halogens is 2. The van der Waals surface area contributed by atoms with Crippen LogP contribution in [-0.4, -0.2) is 28.8 Å². The monoisotopic (exact) mass is 484 g/mol. The van der Waals surface area contributed by atoms with Crippen LogP contribution >= 0.6 is 23.2 Å². The molecule has 0 radical (unpaired) electrons. The first-order valence-electron chi connectivity index (χ1n) is 11.3. The highest BCUT2D eigenvalue weighted by Gasteiger charge is 2.26. The van der Waals surface area contributed by atoms with Crippen LogP contribution < -0.4 is 5.32 Å². The normalized spacial score (nSPS) is 12.9. The summed E-state index contributed by atoms with van der Waals surface area (Å²) in [6.45, 7) is 6.01. The molecule has 0 aromatic heterocycles. The van der Waals surface area contributed by atoms with Gasteiger partial charge in [0.1, 0.15) is 6.04 Å². The molecule has 0 fully saturated rings. The van der Waals surface area contributed by atoms with Gasteiger partial charge in [0.2, 0.25) is 11.8 Å². The van der Waals surface area contributed by atoms with Gasteiger partial charge in [0.05, 0.1) is 10.0 Å². The van der Waals surface area contributed by atoms with Crippen molar-refractivity contribution in [3.05, 3.63) is 81.8 Å². The molecule has 0 aliphatic heterocycles. The number of benzene rings is 3. The highest BCUT2D eigenvalue weighted by molar-refractivity contribution is 6.42. The maximum absolute atomic E-state index is 13.4. The van der Waals surface area contributed by atoms with E-state index in [1.807, 2.05) is 38.1 Å². The van der Waals surface area contributed by atoms with E-state index in [1.165, 1.54) is 0 Å². The van der Waals surface area contributed by atoms with Gasteiger partial charge < -0.3 is 10.2 Å². The molecule has 33 heavy (non-hydrogen) atoms. The van der Waals surface area contributed by atoms with Gasteiger partial charge in [-0.1, -0.05) is 78.7 Å². The summed E-state index contributed by atoms with van der Waals surface area (Å²) < 4.78 is 0. The van der Waals surface area contributed by atoms with E-state index in [1.54, 1.807) is 24.0 Å². The van der Waals surface area contributed by atoms with Gasteiger partial charge in [-0.15, -0.1) is 0 Å². The summed E-state index contributed by atoms with van der Waals surface area (Å²) in [6.07, 6.45) is 1.72. The van der Waals surface area contributed by atoms with Gasteiger partial charge in [-0.2, -0.15) is 0 Å². The highest BCUT2D eigenvalue weighted by atomic mass is 35.5. The third-order valence-electron chi connectivity index (χ3n) is 5.99. The quantitative estimate of drug-likeness (QED) is 0.381. The van der Waals surface area contributed by atoms with Crippen LogP contribution in [0.3, 0.4) is 0 Å². The Morgan fingerprint density at radius 1 is 0.970 bits per heavy atom. The molecule has 0 bridgehead atoms. The Morgan fingerprint density at radius 2 is 1.70 bits per heavy atom. The fourth-order valence-corrected chi connectivity index (χ4v) is 4.10. The number of amides is 2. The SMILES string of the molecule is CC[C@H](C)NC(=O)[C@H](C)N(Cc1ccc(Cl)c(Cl)c1)C(=O)CCc1cccc2ccccc12. The zero-order valence-electron chi connectivity index (χ0n) is 19.3. The molecule has 0 saturated carbocycles. The summed E-state index contributed by atoms with van der Waals surface area (Å²) in [5.74, 6) is -0.247. The summed E-state index contributed by atoms with van der Waals surface area (Å²) in [7, 11) is 0. The standard InChI is InChI=1S/C27H30Cl2N2O2/c1-4-18(2)30-27(33)19(3)31(17-20-12-14-24(28)25(29)16-20)26(32)15-13-22-10-7-9-21-8-5-6-11-23(21)22/h5-12,14,16,18-19H,4,13,15,17H2,1-3H3,(H,30,33)/t18-,19-/m0/s1. The fraction of sp³-hybridized carbons (Fsp3) is 0.333. The van der Waals surface area contributed by atoms with Gasteiger partial charge in [-0.05, 0) is 60.7 Å². The predicted octanol–water partition coefficient (Wildman–Crippen LogP) is 6.41. The molecular formula is C27H30Cl2N2O2. The van der Waals surface area contributed by atoms with Crippen LogP contribution in [0.5, 0.6) is 0 Å². The third-order valence-corrected chi connectivity index (χ3v) is 6.73. The Morgan fingerprint density at radius 3 is 2.42 bits per heavy atom. The van der Waals surface area contributed by atoms with Gasteiger partial charge in [-0.3, -0.25) is 9.59 Å². The van der Waals surface area contributed by atoms with Gasteiger partial charge in [0.15, 0.2) is 0 Å². The second-order valence-electron chi connectivity index (χ2n) is 8.40. The molecular weight excluding hydrogens is 455 g/mol. The first-order chi connectivity index (χ1) is 15.8. The van der Waals surface area contributed by atoms with Crippen LogP contribution in [0.25, 0.3) is 10.8 Å². The second kappa shape index (κ2) is 11.5. The number of hydrogen-bond acceptors (Lipinski definition) is 2. The number of nitrogens with zero attached hydrogens (tertiary/aromatic N) is 1. The number of rotatable bonds is 9. The molecule has 0 aliphatic rings. The lowest BCUT2D eigenvalue weighted by molar-refractivity contribution is -0.140. The van der Waals surface area contributed by atoms with Gasteiger partial charge in [0, 0.05) is 19.0 Å². The number of aryl methyl sites for hydroxylation is 1. The largest absolute Gasteiger partial charge is 0.352 e. The molecule has 6 heteroatoms. The molecule has 0 unspecified atom stereocenters. The molecule has 0 spiro atoms. The van der Waals surface area contributed by atoms with Crippen molar-refractivity contribution in [2.75, 3.05) is 0 Å². The number of nitrogens with one attached hydrogen (secondary N) is 1. The van der Waals surface area contributed by atoms with Crippen LogP contribution in [0.15, 0.2) is 60.7 Å². The Hall–Kier alpha value is -2.56. The van der Waals surface area contributed by atoms with E-state index in [0.717, 1.165) is 28.3 Å². The first-order valence-corrected chi connectivity index (χ1v) is 12.1. The molecule has 3 aromatic carbocycles. The fourth-order valence-electron chi connectivity index (χ4n) is 3.78. The van der Waals surface area contributed by atoms with Crippen LogP contribution in [0.1, 0.15) is 44.7 Å². The zero-order valence-corrected chi connectivity index (χ0v) is 20.8. The average Bonchev–Trinajstić information content (AvgIpc) is 2.82. The van der Waals surface area contributed by atoms with Crippen LogP contribution in [0, 0.1) is 0 Å². The Kier molecular flexibility index (Phi) is 8.76. The average molecular weight is 485 g/mol. The van der Waals surface area contributed by atoms with Crippen molar-refractivity contribution in [2.45, 2.75) is 58.7 Å². The minimum absolute atomic E-state index is 0.0394. The second-order valence-corrected chi connectivity index (χ2v) is 9.22. The predicted molar refractivity (Wildman–Crippen MR) is 137 cm³/mol. The Labute approximate surface area is 205 Å². The smallest absolute Gasteiger partial charge is 0.242 e. The lowest BCUT2D eigenvalue weighted by atomic mass is 10.0. The summed E-state index contributed by atoms with van der Waals surface area (Å²) in [5.41, 5.74) is 1.94. The van der Waals surface area contributed by atoms with Crippen molar-refractivity contribution in [2.24, 2.45) is 0 Å². The van der Waals surface area contributed by atoms with E-state index in [2.05, 4.69) is 29.6 Å². The summed E-state index contributed by atoms with van der Waals surface area (Å²) >= 11 is 12.2. The van der Waals surface area contributed by atoms with Crippen molar-refractivity contribution >= 4 is 45.8 Å². The van der Waals surface area contributed by atoms with E-state index >= 15 is 0 Å². The number of carbonyl (C=O) groups is 2. The van der Waals surface area contributed by atoms with Crippen LogP contribution in [0.4, 0.5) is 0 Å². The van der Waals surface area contributed by atoms with Gasteiger partial charge in [0.25, 0.3) is 0 Å². The topological polar surface area (TPSA) is 49.4 Å². The zero-order chi connectivity index (χ0) is 24.0. The molecule has 3 aromatic rings. The number of hydrogen-bond donors (Lipinski definition) is 1. The molecule has 174 valence electrons. The molecule has 1 N–H and O–H groups in total. The maximum atomic E-state index is 13.4. The Bertz CT molecular complexity index is 1130. The summed E-state index contributed by atoms with van der Waals surface area (Å²) in [4.78, 5) is 27.9. The van der Waals surface area contributed by atoms with E-state index in [9.17, 15) is 9.59 Å². The Balaban J connectivity index is 1.81. The highest BCUT2D eigenvalue weighted by Crippen LogP contribution is 2.25. The van der Waals surface area contributed by atoms with Gasteiger partial charge >= 0.3 is 0 Å². The lowest BCUT2D eigenvalue weighted by Crippen LogP contribution is -2.49. The molecule has 0 saturated heterocycles. The molecule has 0 aliphatic carbocycles. The van der Waals surface area contributed by atoms with Crippen LogP contribution in [-0.2, 0) is 22.6 Å². The third kappa shape index (κ3) is 6.49. The minimum Gasteiger partial charge on any atom is -0.352 e. The van der Waals surface area contributed by atoms with E-state index in [4.69, 9.17) is 23.2 Å². The maximum Gasteiger partial charge on any atom is 0.242 e. The number of carbonyl (C=O) groups excluding carboxylic acids is 2. The van der Waals surface area contributed by atoms with Crippen LogP contribution in [0.2, 0.25) is 10.0 Å². The molecule has 2 atom stereocenters. The molecule has 2 amide bonds. The van der Waals surface area contributed by atoms with Crippen molar-refractivity contribution in [1.29, 1.82) is 0 Å². The molecule has 4 nitrogen and oxygen atoms in total. The number of fused-ring (bicyclic) bond motifs is 1. The van der Waals surface area contributed by atoms with Crippen molar-refractivity contribution in [3.8, 4) is 0 Å². The lowest BCUT2D eigenvalue weighted by Gasteiger charge is -2.30. The van der Waals surface area contributed by atoms with E-state index in [-0.39, 0.29) is 24.4 Å². The van der Waals surface area contributed by atoms with Crippen molar-refractivity contribution in [3.63, 3.8) is 0 Å².